The second kappa shape index (κ2) is 6.48. The average Bonchev–Trinajstić information content (AvgIpc) is 3.24. The molecule has 2 amide bonds. The predicted molar refractivity (Wildman–Crippen MR) is 96.8 cm³/mol. The number of nitrogens with one attached hydrogen (secondary N) is 2. The Hall–Kier alpha value is -3.41. The molecule has 0 spiro atoms. The van der Waals surface area contributed by atoms with Crippen LogP contribution in [-0.4, -0.2) is 16.4 Å². The third-order valence-electron chi connectivity index (χ3n) is 4.28. The Morgan fingerprint density at radius 2 is 1.96 bits per heavy atom. The number of amides is 2. The molecule has 1 aliphatic heterocycles. The van der Waals surface area contributed by atoms with Gasteiger partial charge < -0.3 is 15.2 Å². The van der Waals surface area contributed by atoms with E-state index in [9.17, 15) is 14.0 Å². The lowest BCUT2D eigenvalue weighted by molar-refractivity contribution is -0.116. The first-order chi connectivity index (χ1) is 12.6. The average molecular weight is 349 g/mol. The Morgan fingerprint density at radius 1 is 1.15 bits per heavy atom. The molecule has 0 fully saturated rings. The minimum atomic E-state index is -0.374. The van der Waals surface area contributed by atoms with Gasteiger partial charge in [0.15, 0.2) is 0 Å². The summed E-state index contributed by atoms with van der Waals surface area (Å²) in [5.41, 5.74) is 3.59. The highest BCUT2D eigenvalue weighted by molar-refractivity contribution is 5.99. The Morgan fingerprint density at radius 3 is 2.77 bits per heavy atom. The van der Waals surface area contributed by atoms with E-state index < -0.39 is 0 Å². The SMILES string of the molecule is O=C1Cc2ccc(CC(=O)Nc3ccc(F)cc3-n3cccc3)cc2N1. The van der Waals surface area contributed by atoms with Gasteiger partial charge in [-0.25, -0.2) is 4.39 Å². The molecule has 5 nitrogen and oxygen atoms in total. The van der Waals surface area contributed by atoms with Gasteiger partial charge in [-0.15, -0.1) is 0 Å². The van der Waals surface area contributed by atoms with Crippen molar-refractivity contribution >= 4 is 23.2 Å². The van der Waals surface area contributed by atoms with E-state index in [4.69, 9.17) is 0 Å². The molecule has 0 aliphatic carbocycles. The van der Waals surface area contributed by atoms with E-state index >= 15 is 0 Å². The number of hydrogen-bond acceptors (Lipinski definition) is 2. The fraction of sp³-hybridized carbons (Fsp3) is 0.100. The summed E-state index contributed by atoms with van der Waals surface area (Å²) in [6.07, 6.45) is 4.10. The lowest BCUT2D eigenvalue weighted by atomic mass is 10.1. The van der Waals surface area contributed by atoms with E-state index in [0.717, 1.165) is 16.8 Å². The molecule has 0 bridgehead atoms. The summed E-state index contributed by atoms with van der Waals surface area (Å²) < 4.78 is 15.4. The molecule has 0 unspecified atom stereocenters. The van der Waals surface area contributed by atoms with Crippen LogP contribution in [0.4, 0.5) is 15.8 Å². The van der Waals surface area contributed by atoms with Gasteiger partial charge in [0, 0.05) is 18.1 Å². The second-order valence-electron chi connectivity index (χ2n) is 6.19. The van der Waals surface area contributed by atoms with Crippen LogP contribution in [0.5, 0.6) is 0 Å². The summed E-state index contributed by atoms with van der Waals surface area (Å²) in [5.74, 6) is -0.625. The number of nitrogens with zero attached hydrogens (tertiary/aromatic N) is 1. The number of rotatable bonds is 4. The maximum absolute atomic E-state index is 13.6. The molecule has 0 radical (unpaired) electrons. The van der Waals surface area contributed by atoms with E-state index in [1.807, 2.05) is 30.3 Å². The Labute approximate surface area is 149 Å². The molecule has 2 N–H and O–H groups in total. The van der Waals surface area contributed by atoms with Crippen molar-refractivity contribution in [3.05, 3.63) is 77.9 Å². The summed E-state index contributed by atoms with van der Waals surface area (Å²) in [7, 11) is 0. The van der Waals surface area contributed by atoms with Crippen LogP contribution in [0.15, 0.2) is 60.9 Å². The lowest BCUT2D eigenvalue weighted by Crippen LogP contribution is -2.16. The highest BCUT2D eigenvalue weighted by Gasteiger charge is 2.18. The minimum Gasteiger partial charge on any atom is -0.326 e. The van der Waals surface area contributed by atoms with Crippen LogP contribution in [0, 0.1) is 5.82 Å². The zero-order chi connectivity index (χ0) is 18.1. The highest BCUT2D eigenvalue weighted by atomic mass is 19.1. The molecular weight excluding hydrogens is 333 g/mol. The molecule has 1 aromatic heterocycles. The first kappa shape index (κ1) is 16.1. The molecule has 2 aromatic carbocycles. The second-order valence-corrected chi connectivity index (χ2v) is 6.19. The van der Waals surface area contributed by atoms with Crippen LogP contribution < -0.4 is 10.6 Å². The normalized spacial score (nSPS) is 12.6. The predicted octanol–water partition coefficient (Wildman–Crippen LogP) is 3.29. The standard InChI is InChI=1S/C20H16FN3O2/c21-15-5-6-16(18(12-15)24-7-1-2-8-24)22-19(25)10-13-3-4-14-11-20(26)23-17(14)9-13/h1-9,12H,10-11H2,(H,22,25)(H,23,26). The summed E-state index contributed by atoms with van der Waals surface area (Å²) in [6, 6.07) is 13.4. The number of halogens is 1. The number of carbonyl (C=O) groups is 2. The van der Waals surface area contributed by atoms with Crippen molar-refractivity contribution in [3.8, 4) is 5.69 Å². The molecular formula is C20H16FN3O2. The van der Waals surface area contributed by atoms with Gasteiger partial charge in [-0.3, -0.25) is 9.59 Å². The Balaban J connectivity index is 1.53. The maximum Gasteiger partial charge on any atom is 0.228 e. The topological polar surface area (TPSA) is 63.1 Å². The summed E-state index contributed by atoms with van der Waals surface area (Å²) >= 11 is 0. The fourth-order valence-corrected chi connectivity index (χ4v) is 3.07. The van der Waals surface area contributed by atoms with Crippen molar-refractivity contribution in [1.29, 1.82) is 0 Å². The number of aromatic nitrogens is 1. The Kier molecular flexibility index (Phi) is 4.01. The third-order valence-corrected chi connectivity index (χ3v) is 4.28. The monoisotopic (exact) mass is 349 g/mol. The molecule has 0 saturated heterocycles. The van der Waals surface area contributed by atoms with Gasteiger partial charge >= 0.3 is 0 Å². The lowest BCUT2D eigenvalue weighted by Gasteiger charge is -2.13. The van der Waals surface area contributed by atoms with E-state index in [0.29, 0.717) is 17.8 Å². The van der Waals surface area contributed by atoms with Crippen LogP contribution >= 0.6 is 0 Å². The molecule has 130 valence electrons. The molecule has 0 saturated carbocycles. The van der Waals surface area contributed by atoms with E-state index in [1.165, 1.54) is 12.1 Å². The number of benzene rings is 2. The van der Waals surface area contributed by atoms with Gasteiger partial charge in [0.1, 0.15) is 5.82 Å². The molecule has 1 aliphatic rings. The largest absolute Gasteiger partial charge is 0.326 e. The number of fused-ring (bicyclic) bond motifs is 1. The van der Waals surface area contributed by atoms with Crippen LogP contribution in [0.2, 0.25) is 0 Å². The van der Waals surface area contributed by atoms with Crippen LogP contribution in [0.1, 0.15) is 11.1 Å². The quantitative estimate of drug-likeness (QED) is 0.759. The molecule has 0 atom stereocenters. The van der Waals surface area contributed by atoms with Crippen molar-refractivity contribution < 1.29 is 14.0 Å². The Bertz CT molecular complexity index is 996. The molecule has 6 heteroatoms. The van der Waals surface area contributed by atoms with Crippen molar-refractivity contribution in [3.63, 3.8) is 0 Å². The van der Waals surface area contributed by atoms with Crippen LogP contribution in [0.25, 0.3) is 5.69 Å². The molecule has 2 heterocycles. The third kappa shape index (κ3) is 3.21. The molecule has 26 heavy (non-hydrogen) atoms. The molecule has 3 aromatic rings. The van der Waals surface area contributed by atoms with Gasteiger partial charge in [0.05, 0.1) is 24.2 Å². The number of hydrogen-bond donors (Lipinski definition) is 2. The number of carbonyl (C=O) groups excluding carboxylic acids is 2. The highest BCUT2D eigenvalue weighted by Crippen LogP contribution is 2.25. The van der Waals surface area contributed by atoms with E-state index in [-0.39, 0.29) is 24.1 Å². The van der Waals surface area contributed by atoms with E-state index in [2.05, 4.69) is 10.6 Å². The zero-order valence-corrected chi connectivity index (χ0v) is 13.8. The first-order valence-corrected chi connectivity index (χ1v) is 8.23. The van der Waals surface area contributed by atoms with E-state index in [1.54, 1.807) is 23.0 Å². The van der Waals surface area contributed by atoms with Crippen molar-refractivity contribution in [2.24, 2.45) is 0 Å². The smallest absolute Gasteiger partial charge is 0.228 e. The van der Waals surface area contributed by atoms with Crippen LogP contribution in [0.3, 0.4) is 0 Å². The van der Waals surface area contributed by atoms with Gasteiger partial charge in [-0.2, -0.15) is 0 Å². The fourth-order valence-electron chi connectivity index (χ4n) is 3.07. The van der Waals surface area contributed by atoms with Gasteiger partial charge in [0.25, 0.3) is 0 Å². The first-order valence-electron chi connectivity index (χ1n) is 8.23. The summed E-state index contributed by atoms with van der Waals surface area (Å²) in [6.45, 7) is 0. The minimum absolute atomic E-state index is 0.0377. The van der Waals surface area contributed by atoms with Crippen molar-refractivity contribution in [2.75, 3.05) is 10.6 Å². The maximum atomic E-state index is 13.6. The van der Waals surface area contributed by atoms with Crippen molar-refractivity contribution in [1.82, 2.24) is 4.57 Å². The molecule has 4 rings (SSSR count). The zero-order valence-electron chi connectivity index (χ0n) is 13.8. The van der Waals surface area contributed by atoms with Crippen molar-refractivity contribution in [2.45, 2.75) is 12.8 Å². The number of anilines is 2. The van der Waals surface area contributed by atoms with Gasteiger partial charge in [-0.05, 0) is 47.5 Å². The van der Waals surface area contributed by atoms with Gasteiger partial charge in [-0.1, -0.05) is 12.1 Å². The van der Waals surface area contributed by atoms with Crippen LogP contribution in [-0.2, 0) is 22.4 Å². The summed E-state index contributed by atoms with van der Waals surface area (Å²) in [5, 5.41) is 5.62. The van der Waals surface area contributed by atoms with Gasteiger partial charge in [0.2, 0.25) is 11.8 Å². The summed E-state index contributed by atoms with van der Waals surface area (Å²) in [4.78, 5) is 23.9.